The Kier molecular flexibility index (Phi) is 8.12. The summed E-state index contributed by atoms with van der Waals surface area (Å²) in [6.07, 6.45) is -13.6. The van der Waals surface area contributed by atoms with E-state index >= 15 is 0 Å². The average Bonchev–Trinajstić information content (AvgIpc) is 2.64. The number of hydrogen-bond donors (Lipinski definition) is 7. The summed E-state index contributed by atoms with van der Waals surface area (Å²) in [6, 6.07) is 0. The zero-order valence-corrected chi connectivity index (χ0v) is 14.4. The van der Waals surface area contributed by atoms with E-state index in [4.69, 9.17) is 18.9 Å². The lowest BCUT2D eigenvalue weighted by Crippen LogP contribution is -2.64. The first-order valence-electron chi connectivity index (χ1n) is 8.55. The predicted octanol–water partition coefficient (Wildman–Crippen LogP) is -3.96. The minimum atomic E-state index is -1.68. The summed E-state index contributed by atoms with van der Waals surface area (Å²) in [7, 11) is 0. The van der Waals surface area contributed by atoms with Crippen LogP contribution in [0.2, 0.25) is 0 Å². The molecule has 0 bridgehead atoms. The highest BCUT2D eigenvalue weighted by molar-refractivity contribution is 4.93. The number of aliphatic hydroxyl groups excluding tert-OH is 7. The van der Waals surface area contributed by atoms with Gasteiger partial charge in [0.05, 0.1) is 13.2 Å². The van der Waals surface area contributed by atoms with E-state index in [0.717, 1.165) is 0 Å². The zero-order chi connectivity index (χ0) is 19.4. The van der Waals surface area contributed by atoms with Crippen LogP contribution < -0.4 is 0 Å². The van der Waals surface area contributed by atoms with Crippen molar-refractivity contribution in [2.24, 2.45) is 0 Å². The summed E-state index contributed by atoms with van der Waals surface area (Å²) < 4.78 is 21.6. The third-order valence-electron chi connectivity index (χ3n) is 4.45. The average molecular weight is 384 g/mol. The second-order valence-corrected chi connectivity index (χ2v) is 6.38. The Labute approximate surface area is 150 Å². The first-order valence-corrected chi connectivity index (χ1v) is 8.55. The van der Waals surface area contributed by atoms with E-state index in [0.29, 0.717) is 6.42 Å². The Bertz CT molecular complexity index is 422. The van der Waals surface area contributed by atoms with Crippen molar-refractivity contribution in [2.75, 3.05) is 19.8 Å². The monoisotopic (exact) mass is 384 g/mol. The van der Waals surface area contributed by atoms with Crippen molar-refractivity contribution in [2.45, 2.75) is 74.8 Å². The van der Waals surface area contributed by atoms with Crippen LogP contribution in [0, 0.1) is 0 Å². The second kappa shape index (κ2) is 9.66. The molecule has 2 aliphatic rings. The second-order valence-electron chi connectivity index (χ2n) is 6.38. The van der Waals surface area contributed by atoms with Crippen LogP contribution in [-0.4, -0.2) is 117 Å². The third kappa shape index (κ3) is 4.51. The van der Waals surface area contributed by atoms with Gasteiger partial charge >= 0.3 is 0 Å². The lowest BCUT2D eigenvalue weighted by molar-refractivity contribution is -0.367. The third-order valence-corrected chi connectivity index (χ3v) is 4.45. The van der Waals surface area contributed by atoms with Gasteiger partial charge in [0.2, 0.25) is 0 Å². The van der Waals surface area contributed by atoms with Crippen LogP contribution in [0.15, 0.2) is 0 Å². The van der Waals surface area contributed by atoms with Crippen LogP contribution in [0.4, 0.5) is 0 Å². The summed E-state index contributed by atoms with van der Waals surface area (Å²) in [5.74, 6) is 0. The fourth-order valence-corrected chi connectivity index (χ4v) is 2.90. The smallest absolute Gasteiger partial charge is 0.187 e. The SMILES string of the molecule is CCCO[C@H]1O[C@H](CO)[C@@H](O)[C@H](O)[C@@H]1O[C@H]1O[C@H](CO)[C@@H](O)[C@H](O)[C@@H]1O. The van der Waals surface area contributed by atoms with Gasteiger partial charge < -0.3 is 54.7 Å². The van der Waals surface area contributed by atoms with Crippen LogP contribution in [0.1, 0.15) is 13.3 Å². The molecule has 0 amide bonds. The number of rotatable bonds is 7. The van der Waals surface area contributed by atoms with Gasteiger partial charge in [0.25, 0.3) is 0 Å². The first-order chi connectivity index (χ1) is 12.3. The van der Waals surface area contributed by atoms with Crippen LogP contribution in [-0.2, 0) is 18.9 Å². The standard InChI is InChI=1S/C15H28O11/c1-2-3-23-15-13(11(21)9(19)7(5-17)25-15)26-14-12(22)10(20)8(18)6(4-16)24-14/h6-22H,2-5H2,1H3/t6-,7-,8-,9-,10+,11+,12+,13+,14-,15+/m1/s1. The molecular weight excluding hydrogens is 356 g/mol. The Morgan fingerprint density at radius 1 is 0.731 bits per heavy atom. The Morgan fingerprint density at radius 2 is 1.27 bits per heavy atom. The Balaban J connectivity index is 2.14. The van der Waals surface area contributed by atoms with Gasteiger partial charge in [-0.15, -0.1) is 0 Å². The number of hydrogen-bond acceptors (Lipinski definition) is 11. The lowest BCUT2D eigenvalue weighted by Gasteiger charge is -2.45. The quantitative estimate of drug-likeness (QED) is 0.228. The topological polar surface area (TPSA) is 179 Å². The van der Waals surface area contributed by atoms with Gasteiger partial charge in [0.1, 0.15) is 48.8 Å². The molecule has 2 rings (SSSR count). The molecule has 0 aromatic carbocycles. The largest absolute Gasteiger partial charge is 0.394 e. The van der Waals surface area contributed by atoms with Crippen molar-refractivity contribution >= 4 is 0 Å². The molecule has 7 N–H and O–H groups in total. The molecule has 0 saturated carbocycles. The summed E-state index contributed by atoms with van der Waals surface area (Å²) in [5, 5.41) is 68.5. The van der Waals surface area contributed by atoms with E-state index in [1.807, 2.05) is 6.92 Å². The van der Waals surface area contributed by atoms with Gasteiger partial charge in [-0.2, -0.15) is 0 Å². The highest BCUT2D eigenvalue weighted by atomic mass is 16.8. The van der Waals surface area contributed by atoms with Gasteiger partial charge in [-0.1, -0.05) is 6.92 Å². The molecular formula is C15H28O11. The summed E-state index contributed by atoms with van der Waals surface area (Å²) in [5.41, 5.74) is 0. The van der Waals surface area contributed by atoms with Crippen LogP contribution in [0.3, 0.4) is 0 Å². The zero-order valence-electron chi connectivity index (χ0n) is 14.4. The summed E-state index contributed by atoms with van der Waals surface area (Å²) in [6.45, 7) is 0.877. The molecule has 0 unspecified atom stereocenters. The molecule has 2 fully saturated rings. The fraction of sp³-hybridized carbons (Fsp3) is 1.00. The van der Waals surface area contributed by atoms with E-state index in [-0.39, 0.29) is 6.61 Å². The molecule has 0 aliphatic carbocycles. The maximum atomic E-state index is 10.3. The molecule has 2 saturated heterocycles. The molecule has 11 heteroatoms. The molecule has 2 heterocycles. The molecule has 10 atom stereocenters. The molecule has 154 valence electrons. The van der Waals surface area contributed by atoms with E-state index in [9.17, 15) is 35.7 Å². The van der Waals surface area contributed by atoms with Crippen molar-refractivity contribution in [3.8, 4) is 0 Å². The van der Waals surface area contributed by atoms with E-state index < -0.39 is 74.6 Å². The Morgan fingerprint density at radius 3 is 1.81 bits per heavy atom. The first kappa shape index (κ1) is 21.9. The van der Waals surface area contributed by atoms with Crippen molar-refractivity contribution in [1.29, 1.82) is 0 Å². The molecule has 0 radical (unpaired) electrons. The van der Waals surface area contributed by atoms with Crippen molar-refractivity contribution in [1.82, 2.24) is 0 Å². The molecule has 0 aromatic heterocycles. The van der Waals surface area contributed by atoms with Crippen LogP contribution in [0.5, 0.6) is 0 Å². The summed E-state index contributed by atoms with van der Waals surface area (Å²) >= 11 is 0. The number of aliphatic hydroxyl groups is 7. The molecule has 11 nitrogen and oxygen atoms in total. The van der Waals surface area contributed by atoms with Crippen molar-refractivity contribution in [3.63, 3.8) is 0 Å². The normalized spacial score (nSPS) is 47.1. The van der Waals surface area contributed by atoms with Crippen LogP contribution >= 0.6 is 0 Å². The molecule has 0 spiro atoms. The minimum Gasteiger partial charge on any atom is -0.394 e. The Hall–Kier alpha value is -0.440. The van der Waals surface area contributed by atoms with Gasteiger partial charge in [-0.3, -0.25) is 0 Å². The van der Waals surface area contributed by atoms with E-state index in [2.05, 4.69) is 0 Å². The van der Waals surface area contributed by atoms with E-state index in [1.165, 1.54) is 0 Å². The van der Waals surface area contributed by atoms with Crippen LogP contribution in [0.25, 0.3) is 0 Å². The van der Waals surface area contributed by atoms with Gasteiger partial charge in [0.15, 0.2) is 12.6 Å². The molecule has 26 heavy (non-hydrogen) atoms. The summed E-state index contributed by atoms with van der Waals surface area (Å²) in [4.78, 5) is 0. The highest BCUT2D eigenvalue weighted by Gasteiger charge is 2.50. The van der Waals surface area contributed by atoms with Gasteiger partial charge in [-0.25, -0.2) is 0 Å². The van der Waals surface area contributed by atoms with Crippen molar-refractivity contribution < 1.29 is 54.7 Å². The molecule has 0 aromatic rings. The van der Waals surface area contributed by atoms with Crippen molar-refractivity contribution in [3.05, 3.63) is 0 Å². The number of ether oxygens (including phenoxy) is 4. The van der Waals surface area contributed by atoms with E-state index in [1.54, 1.807) is 0 Å². The highest BCUT2D eigenvalue weighted by Crippen LogP contribution is 2.29. The van der Waals surface area contributed by atoms with Gasteiger partial charge in [0, 0.05) is 6.61 Å². The fourth-order valence-electron chi connectivity index (χ4n) is 2.90. The maximum absolute atomic E-state index is 10.3. The van der Waals surface area contributed by atoms with Gasteiger partial charge in [-0.05, 0) is 6.42 Å². The maximum Gasteiger partial charge on any atom is 0.187 e. The minimum absolute atomic E-state index is 0.236. The predicted molar refractivity (Wildman–Crippen MR) is 82.6 cm³/mol. The lowest BCUT2D eigenvalue weighted by atomic mass is 9.97. The molecule has 2 aliphatic heterocycles.